The van der Waals surface area contributed by atoms with Gasteiger partial charge in [-0.15, -0.1) is 0 Å². The number of benzene rings is 2. The molecule has 0 radical (unpaired) electrons. The van der Waals surface area contributed by atoms with E-state index in [-0.39, 0.29) is 0 Å². The Morgan fingerprint density at radius 3 is 2.71 bits per heavy atom. The fraction of sp³-hybridized carbons (Fsp3) is 0.133. The SMILES string of the molecule is COc1cccc(NC(=S)NCc2ccc(Cl)cc2Cl)c1. The Balaban J connectivity index is 1.92. The van der Waals surface area contributed by atoms with Gasteiger partial charge in [0, 0.05) is 28.3 Å². The minimum Gasteiger partial charge on any atom is -0.497 e. The molecule has 6 heteroatoms. The Hall–Kier alpha value is -1.49. The molecule has 110 valence electrons. The summed E-state index contributed by atoms with van der Waals surface area (Å²) in [6, 6.07) is 12.9. The summed E-state index contributed by atoms with van der Waals surface area (Å²) < 4.78 is 5.16. The molecule has 2 aromatic carbocycles. The highest BCUT2D eigenvalue weighted by Crippen LogP contribution is 2.21. The van der Waals surface area contributed by atoms with Crippen LogP contribution in [0.2, 0.25) is 10.0 Å². The number of rotatable bonds is 4. The van der Waals surface area contributed by atoms with Gasteiger partial charge >= 0.3 is 0 Å². The maximum Gasteiger partial charge on any atom is 0.171 e. The first-order chi connectivity index (χ1) is 10.1. The first-order valence-electron chi connectivity index (χ1n) is 6.21. The van der Waals surface area contributed by atoms with Crippen LogP contribution in [-0.2, 0) is 6.54 Å². The lowest BCUT2D eigenvalue weighted by atomic mass is 10.2. The Morgan fingerprint density at radius 1 is 1.19 bits per heavy atom. The van der Waals surface area contributed by atoms with Crippen LogP contribution in [0, 0.1) is 0 Å². The van der Waals surface area contributed by atoms with Crippen LogP contribution in [-0.4, -0.2) is 12.2 Å². The van der Waals surface area contributed by atoms with Gasteiger partial charge in [-0.1, -0.05) is 35.3 Å². The topological polar surface area (TPSA) is 33.3 Å². The minimum atomic E-state index is 0.509. The predicted octanol–water partition coefficient (Wildman–Crippen LogP) is 4.49. The van der Waals surface area contributed by atoms with E-state index in [0.29, 0.717) is 21.7 Å². The maximum absolute atomic E-state index is 6.11. The molecular formula is C15H14Cl2N2OS. The number of halogens is 2. The lowest BCUT2D eigenvalue weighted by Gasteiger charge is -2.12. The third-order valence-corrected chi connectivity index (χ3v) is 3.62. The van der Waals surface area contributed by atoms with E-state index in [9.17, 15) is 0 Å². The summed E-state index contributed by atoms with van der Waals surface area (Å²) in [6.07, 6.45) is 0. The smallest absolute Gasteiger partial charge is 0.171 e. The number of hydrogen-bond donors (Lipinski definition) is 2. The van der Waals surface area contributed by atoms with Gasteiger partial charge in [-0.2, -0.15) is 0 Å². The predicted molar refractivity (Wildman–Crippen MR) is 92.5 cm³/mol. The zero-order valence-corrected chi connectivity index (χ0v) is 13.6. The van der Waals surface area contributed by atoms with Gasteiger partial charge in [0.15, 0.2) is 5.11 Å². The van der Waals surface area contributed by atoms with Crippen molar-refractivity contribution < 1.29 is 4.74 Å². The van der Waals surface area contributed by atoms with E-state index in [4.69, 9.17) is 40.2 Å². The summed E-state index contributed by atoms with van der Waals surface area (Å²) >= 11 is 17.2. The van der Waals surface area contributed by atoms with Crippen molar-refractivity contribution in [3.8, 4) is 5.75 Å². The lowest BCUT2D eigenvalue weighted by molar-refractivity contribution is 0.415. The Bertz CT molecular complexity index is 649. The van der Waals surface area contributed by atoms with Crippen LogP contribution in [0.5, 0.6) is 5.75 Å². The largest absolute Gasteiger partial charge is 0.497 e. The monoisotopic (exact) mass is 340 g/mol. The molecule has 3 nitrogen and oxygen atoms in total. The third kappa shape index (κ3) is 4.77. The molecule has 0 aromatic heterocycles. The second kappa shape index (κ2) is 7.50. The van der Waals surface area contributed by atoms with Crippen LogP contribution in [0.1, 0.15) is 5.56 Å². The maximum atomic E-state index is 6.11. The molecular weight excluding hydrogens is 327 g/mol. The number of ether oxygens (including phenoxy) is 1. The third-order valence-electron chi connectivity index (χ3n) is 2.78. The van der Waals surface area contributed by atoms with Crippen molar-refractivity contribution in [2.24, 2.45) is 0 Å². The molecule has 2 aromatic rings. The van der Waals surface area contributed by atoms with Gasteiger partial charge in [0.2, 0.25) is 0 Å². The number of nitrogens with one attached hydrogen (secondary N) is 2. The quantitative estimate of drug-likeness (QED) is 0.803. The van der Waals surface area contributed by atoms with Crippen LogP contribution >= 0.6 is 35.4 Å². The Labute approximate surface area is 139 Å². The zero-order chi connectivity index (χ0) is 15.2. The molecule has 0 aliphatic rings. The van der Waals surface area contributed by atoms with Crippen LogP contribution in [0.25, 0.3) is 0 Å². The van der Waals surface area contributed by atoms with Gasteiger partial charge in [0.25, 0.3) is 0 Å². The minimum absolute atomic E-state index is 0.509. The molecule has 0 fully saturated rings. The molecule has 0 heterocycles. The van der Waals surface area contributed by atoms with Crippen LogP contribution in [0.15, 0.2) is 42.5 Å². The highest BCUT2D eigenvalue weighted by molar-refractivity contribution is 7.80. The second-order valence-corrected chi connectivity index (χ2v) is 5.53. The zero-order valence-electron chi connectivity index (χ0n) is 11.3. The second-order valence-electron chi connectivity index (χ2n) is 4.28. The molecule has 21 heavy (non-hydrogen) atoms. The van der Waals surface area contributed by atoms with E-state index < -0.39 is 0 Å². The van der Waals surface area contributed by atoms with Crippen molar-refractivity contribution in [1.29, 1.82) is 0 Å². The molecule has 0 atom stereocenters. The lowest BCUT2D eigenvalue weighted by Crippen LogP contribution is -2.27. The number of anilines is 1. The molecule has 2 N–H and O–H groups in total. The summed E-state index contributed by atoms with van der Waals surface area (Å²) in [5, 5.41) is 7.92. The Morgan fingerprint density at radius 2 is 2.00 bits per heavy atom. The van der Waals surface area contributed by atoms with E-state index in [1.165, 1.54) is 0 Å². The normalized spacial score (nSPS) is 10.0. The number of methoxy groups -OCH3 is 1. The van der Waals surface area contributed by atoms with Gasteiger partial charge in [0.1, 0.15) is 5.75 Å². The van der Waals surface area contributed by atoms with Crippen molar-refractivity contribution in [2.75, 3.05) is 12.4 Å². The summed E-state index contributed by atoms with van der Waals surface area (Å²) in [7, 11) is 1.62. The van der Waals surface area contributed by atoms with Crippen molar-refractivity contribution in [3.05, 3.63) is 58.1 Å². The van der Waals surface area contributed by atoms with Gasteiger partial charge in [-0.3, -0.25) is 0 Å². The fourth-order valence-corrected chi connectivity index (χ4v) is 2.38. The molecule has 0 aliphatic carbocycles. The van der Waals surface area contributed by atoms with Gasteiger partial charge in [0.05, 0.1) is 7.11 Å². The first kappa shape index (κ1) is 15.9. The van der Waals surface area contributed by atoms with Crippen LogP contribution < -0.4 is 15.4 Å². The van der Waals surface area contributed by atoms with E-state index in [1.54, 1.807) is 19.2 Å². The van der Waals surface area contributed by atoms with Crippen LogP contribution in [0.3, 0.4) is 0 Å². The fourth-order valence-electron chi connectivity index (χ4n) is 1.72. The van der Waals surface area contributed by atoms with E-state index in [1.807, 2.05) is 30.3 Å². The van der Waals surface area contributed by atoms with E-state index in [0.717, 1.165) is 17.0 Å². The summed E-state index contributed by atoms with van der Waals surface area (Å²) in [6.45, 7) is 0.520. The average Bonchev–Trinajstić information content (AvgIpc) is 2.46. The van der Waals surface area contributed by atoms with E-state index >= 15 is 0 Å². The highest BCUT2D eigenvalue weighted by Gasteiger charge is 2.03. The van der Waals surface area contributed by atoms with Gasteiger partial charge < -0.3 is 15.4 Å². The first-order valence-corrected chi connectivity index (χ1v) is 7.38. The van der Waals surface area contributed by atoms with Crippen molar-refractivity contribution in [1.82, 2.24) is 5.32 Å². The molecule has 0 saturated carbocycles. The van der Waals surface area contributed by atoms with Crippen molar-refractivity contribution in [2.45, 2.75) is 6.54 Å². The van der Waals surface area contributed by atoms with Gasteiger partial charge in [-0.05, 0) is 42.0 Å². The Kier molecular flexibility index (Phi) is 5.67. The molecule has 0 amide bonds. The number of thiocarbonyl (C=S) groups is 1. The average molecular weight is 341 g/mol. The van der Waals surface area contributed by atoms with Crippen molar-refractivity contribution in [3.63, 3.8) is 0 Å². The van der Waals surface area contributed by atoms with E-state index in [2.05, 4.69) is 10.6 Å². The molecule has 2 rings (SSSR count). The molecule has 0 aliphatic heterocycles. The molecule has 0 saturated heterocycles. The standard InChI is InChI=1S/C15H14Cl2N2OS/c1-20-13-4-2-3-12(8-13)19-15(21)18-9-10-5-6-11(16)7-14(10)17/h2-8H,9H2,1H3,(H2,18,19,21). The van der Waals surface area contributed by atoms with Crippen molar-refractivity contribution >= 4 is 46.2 Å². The number of hydrogen-bond acceptors (Lipinski definition) is 2. The highest BCUT2D eigenvalue weighted by atomic mass is 35.5. The van der Waals surface area contributed by atoms with Crippen LogP contribution in [0.4, 0.5) is 5.69 Å². The molecule has 0 spiro atoms. The summed E-state index contributed by atoms with van der Waals surface area (Å²) in [5.41, 5.74) is 1.78. The molecule has 0 bridgehead atoms. The summed E-state index contributed by atoms with van der Waals surface area (Å²) in [4.78, 5) is 0. The molecule has 0 unspecified atom stereocenters. The summed E-state index contributed by atoms with van der Waals surface area (Å²) in [5.74, 6) is 0.767. The van der Waals surface area contributed by atoms with Gasteiger partial charge in [-0.25, -0.2) is 0 Å².